The number of anilines is 1. The van der Waals surface area contributed by atoms with Gasteiger partial charge in [0.25, 0.3) is 0 Å². The summed E-state index contributed by atoms with van der Waals surface area (Å²) < 4.78 is 40.9. The van der Waals surface area contributed by atoms with Crippen molar-refractivity contribution in [2.45, 2.75) is 25.4 Å². The normalized spacial score (nSPS) is 20.3. The van der Waals surface area contributed by atoms with E-state index in [1.54, 1.807) is 4.90 Å². The third-order valence-corrected chi connectivity index (χ3v) is 5.80. The number of amides is 3. The molecule has 2 aliphatic rings. The Morgan fingerprint density at radius 2 is 1.75 bits per heavy atom. The quantitative estimate of drug-likeness (QED) is 0.641. The van der Waals surface area contributed by atoms with Crippen LogP contribution in [0.3, 0.4) is 0 Å². The largest absolute Gasteiger partial charge is 0.411 e. The first-order valence-electron chi connectivity index (χ1n) is 11.1. The van der Waals surface area contributed by atoms with Gasteiger partial charge in [-0.05, 0) is 31.4 Å². The van der Waals surface area contributed by atoms with Crippen molar-refractivity contribution in [1.82, 2.24) is 14.7 Å². The van der Waals surface area contributed by atoms with E-state index in [4.69, 9.17) is 0 Å². The Bertz CT molecular complexity index is 740. The van der Waals surface area contributed by atoms with Gasteiger partial charge in [-0.2, -0.15) is 13.2 Å². The van der Waals surface area contributed by atoms with Crippen molar-refractivity contribution in [3.05, 3.63) is 30.3 Å². The molecule has 0 radical (unpaired) electrons. The second kappa shape index (κ2) is 11.5. The van der Waals surface area contributed by atoms with Gasteiger partial charge < -0.3 is 19.9 Å². The summed E-state index contributed by atoms with van der Waals surface area (Å²) in [6.45, 7) is 3.12. The lowest BCUT2D eigenvalue weighted by atomic mass is 9.96. The van der Waals surface area contributed by atoms with Crippen LogP contribution in [0.2, 0.25) is 0 Å². The van der Waals surface area contributed by atoms with Gasteiger partial charge in [-0.3, -0.25) is 9.69 Å². The minimum absolute atomic E-state index is 0.0710. The summed E-state index contributed by atoms with van der Waals surface area (Å²) in [7, 11) is 0. The highest BCUT2D eigenvalue weighted by Crippen LogP contribution is 2.21. The number of nitrogens with zero attached hydrogens (tertiary/aromatic N) is 3. The minimum atomic E-state index is -4.29. The second-order valence-corrected chi connectivity index (χ2v) is 8.27. The topological polar surface area (TPSA) is 65.1 Å². The number of carbonyl (C=O) groups excluding carboxylic acids is 2. The predicted octanol–water partition coefficient (Wildman–Crippen LogP) is 3.04. The molecule has 178 valence electrons. The first-order valence-corrected chi connectivity index (χ1v) is 11.1. The number of urea groups is 1. The number of piperidine rings is 1. The van der Waals surface area contributed by atoms with E-state index in [1.165, 1.54) is 0 Å². The molecule has 3 rings (SSSR count). The van der Waals surface area contributed by atoms with Crippen molar-refractivity contribution in [1.29, 1.82) is 0 Å². The molecule has 0 spiro atoms. The number of rotatable bonds is 7. The Balaban J connectivity index is 1.37. The fourth-order valence-corrected chi connectivity index (χ4v) is 4.12. The SMILES string of the molecule is O=C(Nc1ccccc1)N1CCCC(C(=O)N2CCN(CCCOCC(F)(F)F)CC2)C1. The molecule has 2 saturated heterocycles. The van der Waals surface area contributed by atoms with Gasteiger partial charge in [0.1, 0.15) is 6.61 Å². The molecule has 1 unspecified atom stereocenters. The number of carbonyl (C=O) groups is 2. The molecule has 3 amide bonds. The van der Waals surface area contributed by atoms with Gasteiger partial charge in [0, 0.05) is 58.1 Å². The molecule has 10 heteroatoms. The van der Waals surface area contributed by atoms with Crippen LogP contribution in [0, 0.1) is 5.92 Å². The summed E-state index contributed by atoms with van der Waals surface area (Å²) in [5.41, 5.74) is 0.728. The van der Waals surface area contributed by atoms with Crippen molar-refractivity contribution < 1.29 is 27.5 Å². The minimum Gasteiger partial charge on any atom is -0.372 e. The summed E-state index contributed by atoms with van der Waals surface area (Å²) in [6.07, 6.45) is -2.21. The van der Waals surface area contributed by atoms with E-state index in [2.05, 4.69) is 15.0 Å². The molecule has 2 fully saturated rings. The van der Waals surface area contributed by atoms with Crippen LogP contribution in [0.4, 0.5) is 23.7 Å². The third-order valence-electron chi connectivity index (χ3n) is 5.80. The first-order chi connectivity index (χ1) is 15.3. The Hall–Kier alpha value is -2.33. The van der Waals surface area contributed by atoms with Gasteiger partial charge in [0.2, 0.25) is 5.91 Å². The van der Waals surface area contributed by atoms with Gasteiger partial charge in [0.15, 0.2) is 0 Å². The van der Waals surface area contributed by atoms with Gasteiger partial charge >= 0.3 is 12.2 Å². The molecule has 0 aromatic heterocycles. The van der Waals surface area contributed by atoms with Crippen LogP contribution < -0.4 is 5.32 Å². The van der Waals surface area contributed by atoms with E-state index in [1.807, 2.05) is 35.2 Å². The molecule has 1 aromatic carbocycles. The molecule has 7 nitrogen and oxygen atoms in total. The standard InChI is InChI=1S/C22H31F3N4O3/c23-22(24,25)17-32-15-5-9-27-11-13-28(14-12-27)20(30)18-6-4-10-29(16-18)21(31)26-19-7-2-1-3-8-19/h1-3,7-8,18H,4-6,9-17H2,(H,26,31). The van der Waals surface area contributed by atoms with Gasteiger partial charge in [-0.25, -0.2) is 4.79 Å². The highest BCUT2D eigenvalue weighted by atomic mass is 19.4. The van der Waals surface area contributed by atoms with Crippen LogP contribution in [0.15, 0.2) is 30.3 Å². The van der Waals surface area contributed by atoms with E-state index >= 15 is 0 Å². The Kier molecular flexibility index (Phi) is 8.75. The van der Waals surface area contributed by atoms with Crippen LogP contribution in [0.25, 0.3) is 0 Å². The fraction of sp³-hybridized carbons (Fsp3) is 0.636. The maximum Gasteiger partial charge on any atom is 0.411 e. The fourth-order valence-electron chi connectivity index (χ4n) is 4.12. The Morgan fingerprint density at radius 1 is 1.03 bits per heavy atom. The first kappa shape index (κ1) is 24.3. The maximum atomic E-state index is 13.0. The van der Waals surface area contributed by atoms with Crippen molar-refractivity contribution in [3.8, 4) is 0 Å². The number of hydrogen-bond acceptors (Lipinski definition) is 4. The monoisotopic (exact) mass is 456 g/mol. The number of halogens is 3. The number of piperazine rings is 1. The lowest BCUT2D eigenvalue weighted by Crippen LogP contribution is -2.53. The third kappa shape index (κ3) is 7.67. The maximum absolute atomic E-state index is 13.0. The Labute approximate surface area is 186 Å². The predicted molar refractivity (Wildman–Crippen MR) is 114 cm³/mol. The second-order valence-electron chi connectivity index (χ2n) is 8.27. The number of nitrogens with one attached hydrogen (secondary N) is 1. The average Bonchev–Trinajstić information content (AvgIpc) is 2.79. The molecular weight excluding hydrogens is 425 g/mol. The summed E-state index contributed by atoms with van der Waals surface area (Å²) in [4.78, 5) is 31.3. The summed E-state index contributed by atoms with van der Waals surface area (Å²) in [5, 5.41) is 2.88. The van der Waals surface area contributed by atoms with E-state index in [9.17, 15) is 22.8 Å². The lowest BCUT2D eigenvalue weighted by Gasteiger charge is -2.39. The molecule has 1 N–H and O–H groups in total. The van der Waals surface area contributed by atoms with Crippen molar-refractivity contribution in [2.24, 2.45) is 5.92 Å². The van der Waals surface area contributed by atoms with Crippen molar-refractivity contribution >= 4 is 17.6 Å². The molecule has 1 aromatic rings. The smallest absolute Gasteiger partial charge is 0.372 e. The van der Waals surface area contributed by atoms with Gasteiger partial charge in [0.05, 0.1) is 5.92 Å². The van der Waals surface area contributed by atoms with Gasteiger partial charge in [-0.1, -0.05) is 18.2 Å². The molecule has 1 atom stereocenters. The van der Waals surface area contributed by atoms with E-state index in [-0.39, 0.29) is 24.5 Å². The summed E-state index contributed by atoms with van der Waals surface area (Å²) in [6, 6.07) is 9.05. The summed E-state index contributed by atoms with van der Waals surface area (Å²) in [5.74, 6) is -0.122. The summed E-state index contributed by atoms with van der Waals surface area (Å²) >= 11 is 0. The molecule has 32 heavy (non-hydrogen) atoms. The molecule has 2 aliphatic heterocycles. The van der Waals surface area contributed by atoms with Crippen LogP contribution in [-0.4, -0.2) is 91.8 Å². The zero-order chi connectivity index (χ0) is 23.0. The molecule has 0 bridgehead atoms. The van der Waals surface area contributed by atoms with E-state index < -0.39 is 12.8 Å². The van der Waals surface area contributed by atoms with Crippen LogP contribution in [0.5, 0.6) is 0 Å². The highest BCUT2D eigenvalue weighted by Gasteiger charge is 2.32. The van der Waals surface area contributed by atoms with E-state index in [0.29, 0.717) is 52.2 Å². The number of para-hydroxylation sites is 1. The average molecular weight is 457 g/mol. The molecule has 0 saturated carbocycles. The van der Waals surface area contributed by atoms with Gasteiger partial charge in [-0.15, -0.1) is 0 Å². The number of alkyl halides is 3. The van der Waals surface area contributed by atoms with Crippen molar-refractivity contribution in [2.75, 3.05) is 64.3 Å². The van der Waals surface area contributed by atoms with Crippen LogP contribution in [-0.2, 0) is 9.53 Å². The van der Waals surface area contributed by atoms with Crippen LogP contribution >= 0.6 is 0 Å². The van der Waals surface area contributed by atoms with E-state index in [0.717, 1.165) is 18.5 Å². The number of hydrogen-bond donors (Lipinski definition) is 1. The Morgan fingerprint density at radius 3 is 2.44 bits per heavy atom. The highest BCUT2D eigenvalue weighted by molar-refractivity contribution is 5.90. The molecule has 2 heterocycles. The number of likely N-dealkylation sites (tertiary alicyclic amines) is 1. The molecule has 0 aliphatic carbocycles. The lowest BCUT2D eigenvalue weighted by molar-refractivity contribution is -0.174. The number of ether oxygens (including phenoxy) is 1. The zero-order valence-corrected chi connectivity index (χ0v) is 18.1. The van der Waals surface area contributed by atoms with Crippen LogP contribution in [0.1, 0.15) is 19.3 Å². The van der Waals surface area contributed by atoms with Crippen molar-refractivity contribution in [3.63, 3.8) is 0 Å². The zero-order valence-electron chi connectivity index (χ0n) is 18.1. The molecular formula is C22H31F3N4O3. The number of benzene rings is 1.